The van der Waals surface area contributed by atoms with Crippen LogP contribution in [-0.4, -0.2) is 19.3 Å². The predicted molar refractivity (Wildman–Crippen MR) is 60.6 cm³/mol. The van der Waals surface area contributed by atoms with Gasteiger partial charge < -0.3 is 10.1 Å². The van der Waals surface area contributed by atoms with Crippen molar-refractivity contribution >= 4 is 22.6 Å². The molecule has 1 saturated heterocycles. The molecular formula is C10H12INO. The molecule has 0 aromatic heterocycles. The number of ether oxygens (including phenoxy) is 1. The maximum Gasteiger partial charge on any atom is 0.0643 e. The van der Waals surface area contributed by atoms with E-state index in [0.717, 1.165) is 19.8 Å². The van der Waals surface area contributed by atoms with Crippen molar-refractivity contribution in [1.29, 1.82) is 0 Å². The number of halogens is 1. The maximum atomic E-state index is 5.08. The van der Waals surface area contributed by atoms with Crippen LogP contribution >= 0.6 is 22.6 Å². The molecule has 1 aliphatic heterocycles. The molecule has 2 nitrogen and oxygen atoms in total. The molecule has 1 fully saturated rings. The van der Waals surface area contributed by atoms with Gasteiger partial charge in [-0.25, -0.2) is 0 Å². The summed E-state index contributed by atoms with van der Waals surface area (Å²) in [6.45, 7) is 2.68. The number of rotatable bonds is 3. The van der Waals surface area contributed by atoms with E-state index in [-0.39, 0.29) is 0 Å². The van der Waals surface area contributed by atoms with Gasteiger partial charge in [-0.2, -0.15) is 0 Å². The third-order valence-corrected chi connectivity index (χ3v) is 2.79. The maximum absolute atomic E-state index is 5.08. The highest BCUT2D eigenvalue weighted by molar-refractivity contribution is 14.1. The molecule has 1 aliphatic rings. The summed E-state index contributed by atoms with van der Waals surface area (Å²) < 4.78 is 6.38. The molecule has 0 bridgehead atoms. The van der Waals surface area contributed by atoms with Gasteiger partial charge in [-0.1, -0.05) is 12.1 Å². The van der Waals surface area contributed by atoms with Crippen LogP contribution in [0.1, 0.15) is 5.56 Å². The Hall–Kier alpha value is -0.130. The van der Waals surface area contributed by atoms with Crippen molar-refractivity contribution in [2.24, 2.45) is 0 Å². The zero-order chi connectivity index (χ0) is 9.10. The highest BCUT2D eigenvalue weighted by atomic mass is 127. The first kappa shape index (κ1) is 9.43. The topological polar surface area (TPSA) is 21.3 Å². The van der Waals surface area contributed by atoms with Crippen molar-refractivity contribution < 1.29 is 4.74 Å². The third kappa shape index (κ3) is 2.65. The number of hydrogen-bond donors (Lipinski definition) is 1. The average molecular weight is 289 g/mol. The molecule has 0 unspecified atom stereocenters. The van der Waals surface area contributed by atoms with Gasteiger partial charge >= 0.3 is 0 Å². The molecule has 13 heavy (non-hydrogen) atoms. The smallest absolute Gasteiger partial charge is 0.0643 e. The predicted octanol–water partition coefficient (Wildman–Crippen LogP) is 1.78. The van der Waals surface area contributed by atoms with Gasteiger partial charge in [0.25, 0.3) is 0 Å². The van der Waals surface area contributed by atoms with Gasteiger partial charge in [0.2, 0.25) is 0 Å². The van der Waals surface area contributed by atoms with Crippen molar-refractivity contribution in [2.75, 3.05) is 13.2 Å². The summed E-state index contributed by atoms with van der Waals surface area (Å²) >= 11 is 2.33. The lowest BCUT2D eigenvalue weighted by Gasteiger charge is -2.27. The summed E-state index contributed by atoms with van der Waals surface area (Å²) in [7, 11) is 0. The van der Waals surface area contributed by atoms with Gasteiger partial charge in [0.05, 0.1) is 19.3 Å². The Morgan fingerprint density at radius 1 is 1.46 bits per heavy atom. The summed E-state index contributed by atoms with van der Waals surface area (Å²) in [6, 6.07) is 9.12. The molecule has 1 N–H and O–H groups in total. The molecule has 1 aromatic rings. The fourth-order valence-corrected chi connectivity index (χ4v) is 1.87. The second kappa shape index (κ2) is 4.39. The van der Waals surface area contributed by atoms with E-state index < -0.39 is 0 Å². The molecule has 0 atom stereocenters. The van der Waals surface area contributed by atoms with Crippen LogP contribution in [0, 0.1) is 3.57 Å². The molecule has 0 spiro atoms. The summed E-state index contributed by atoms with van der Waals surface area (Å²) in [6.07, 6.45) is 0. The molecule has 0 aliphatic carbocycles. The van der Waals surface area contributed by atoms with Crippen LogP contribution in [0.4, 0.5) is 0 Å². The fraction of sp³-hybridized carbons (Fsp3) is 0.400. The van der Waals surface area contributed by atoms with Crippen LogP contribution in [-0.2, 0) is 11.3 Å². The SMILES string of the molecule is Ic1cccc(CNC2COC2)c1. The second-order valence-corrected chi connectivity index (χ2v) is 4.49. The van der Waals surface area contributed by atoms with E-state index in [1.165, 1.54) is 9.13 Å². The second-order valence-electron chi connectivity index (χ2n) is 3.25. The van der Waals surface area contributed by atoms with Crippen LogP contribution in [0.5, 0.6) is 0 Å². The fourth-order valence-electron chi connectivity index (χ4n) is 1.26. The van der Waals surface area contributed by atoms with Gasteiger partial charge in [0, 0.05) is 10.1 Å². The lowest BCUT2D eigenvalue weighted by molar-refractivity contribution is -0.00578. The Kier molecular flexibility index (Phi) is 3.18. The molecular weight excluding hydrogens is 277 g/mol. The van der Waals surface area contributed by atoms with E-state index in [1.54, 1.807) is 0 Å². The highest BCUT2D eigenvalue weighted by Gasteiger charge is 2.16. The molecule has 1 heterocycles. The van der Waals surface area contributed by atoms with Crippen molar-refractivity contribution in [3.63, 3.8) is 0 Å². The normalized spacial score (nSPS) is 17.0. The summed E-state index contributed by atoms with van der Waals surface area (Å²) in [5.74, 6) is 0. The van der Waals surface area contributed by atoms with Crippen LogP contribution in [0.15, 0.2) is 24.3 Å². The number of nitrogens with one attached hydrogen (secondary N) is 1. The molecule has 70 valence electrons. The molecule has 1 aromatic carbocycles. The minimum absolute atomic E-state index is 0.567. The van der Waals surface area contributed by atoms with Gasteiger partial charge in [-0.15, -0.1) is 0 Å². The highest BCUT2D eigenvalue weighted by Crippen LogP contribution is 2.08. The van der Waals surface area contributed by atoms with Crippen LogP contribution < -0.4 is 5.32 Å². The number of hydrogen-bond acceptors (Lipinski definition) is 2. The Balaban J connectivity index is 1.86. The molecule has 2 rings (SSSR count). The summed E-state index contributed by atoms with van der Waals surface area (Å²) in [5.41, 5.74) is 1.35. The van der Waals surface area contributed by atoms with Gasteiger partial charge in [0.1, 0.15) is 0 Å². The third-order valence-electron chi connectivity index (χ3n) is 2.12. The van der Waals surface area contributed by atoms with E-state index in [0.29, 0.717) is 6.04 Å². The van der Waals surface area contributed by atoms with Crippen LogP contribution in [0.25, 0.3) is 0 Å². The Morgan fingerprint density at radius 2 is 2.31 bits per heavy atom. The first-order valence-corrected chi connectivity index (χ1v) is 5.48. The monoisotopic (exact) mass is 289 g/mol. The van der Waals surface area contributed by atoms with Crippen molar-refractivity contribution in [1.82, 2.24) is 5.32 Å². The molecule has 3 heteroatoms. The lowest BCUT2D eigenvalue weighted by atomic mass is 10.2. The van der Waals surface area contributed by atoms with E-state index in [1.807, 2.05) is 0 Å². The Labute approximate surface area is 91.8 Å². The molecule has 0 amide bonds. The van der Waals surface area contributed by atoms with Crippen molar-refractivity contribution in [2.45, 2.75) is 12.6 Å². The molecule has 0 saturated carbocycles. The van der Waals surface area contributed by atoms with Crippen LogP contribution in [0.2, 0.25) is 0 Å². The zero-order valence-electron chi connectivity index (χ0n) is 7.29. The quantitative estimate of drug-likeness (QED) is 0.856. The minimum atomic E-state index is 0.567. The lowest BCUT2D eigenvalue weighted by Crippen LogP contribution is -2.45. The summed E-state index contributed by atoms with van der Waals surface area (Å²) in [4.78, 5) is 0. The number of benzene rings is 1. The first-order valence-electron chi connectivity index (χ1n) is 4.40. The Morgan fingerprint density at radius 3 is 2.92 bits per heavy atom. The zero-order valence-corrected chi connectivity index (χ0v) is 9.45. The summed E-state index contributed by atoms with van der Waals surface area (Å²) in [5, 5.41) is 3.43. The van der Waals surface area contributed by atoms with Gasteiger partial charge in [-0.3, -0.25) is 0 Å². The van der Waals surface area contributed by atoms with Gasteiger partial charge in [0.15, 0.2) is 0 Å². The Bertz CT molecular complexity index is 286. The van der Waals surface area contributed by atoms with E-state index in [4.69, 9.17) is 4.74 Å². The first-order chi connectivity index (χ1) is 6.34. The van der Waals surface area contributed by atoms with E-state index in [9.17, 15) is 0 Å². The van der Waals surface area contributed by atoms with E-state index in [2.05, 4.69) is 52.2 Å². The van der Waals surface area contributed by atoms with Crippen LogP contribution in [0.3, 0.4) is 0 Å². The minimum Gasteiger partial charge on any atom is -0.378 e. The standard InChI is InChI=1S/C10H12INO/c11-9-3-1-2-8(4-9)5-12-10-6-13-7-10/h1-4,10,12H,5-7H2. The largest absolute Gasteiger partial charge is 0.378 e. The van der Waals surface area contributed by atoms with Gasteiger partial charge in [-0.05, 0) is 40.3 Å². The van der Waals surface area contributed by atoms with E-state index >= 15 is 0 Å². The van der Waals surface area contributed by atoms with Crippen molar-refractivity contribution in [3.05, 3.63) is 33.4 Å². The van der Waals surface area contributed by atoms with Crippen molar-refractivity contribution in [3.8, 4) is 0 Å². The molecule has 0 radical (unpaired) electrons. The average Bonchev–Trinajstić information content (AvgIpc) is 2.01.